The third-order valence-corrected chi connectivity index (χ3v) is 6.90. The Morgan fingerprint density at radius 1 is 1.00 bits per heavy atom. The van der Waals surface area contributed by atoms with Crippen molar-refractivity contribution in [2.45, 2.75) is 38.0 Å². The maximum absolute atomic E-state index is 13.3. The van der Waals surface area contributed by atoms with Crippen LogP contribution >= 0.6 is 0 Å². The Morgan fingerprint density at radius 2 is 1.67 bits per heavy atom. The van der Waals surface area contributed by atoms with Gasteiger partial charge in [0.1, 0.15) is 5.75 Å². The first-order chi connectivity index (χ1) is 15.7. The number of amides is 1. The van der Waals surface area contributed by atoms with Crippen LogP contribution in [0.4, 0.5) is 5.69 Å². The third-order valence-electron chi connectivity index (χ3n) is 5.40. The molecule has 6 nitrogen and oxygen atoms in total. The summed E-state index contributed by atoms with van der Waals surface area (Å²) >= 11 is 0. The summed E-state index contributed by atoms with van der Waals surface area (Å²) in [6.07, 6.45) is 0.684. The largest absolute Gasteiger partial charge is 0.496 e. The topological polar surface area (TPSA) is 84.5 Å². The van der Waals surface area contributed by atoms with Crippen molar-refractivity contribution in [3.63, 3.8) is 0 Å². The fraction of sp³-hybridized carbons (Fsp3) is 0.269. The van der Waals surface area contributed by atoms with E-state index in [1.807, 2.05) is 44.2 Å². The lowest BCUT2D eigenvalue weighted by molar-refractivity contribution is 0.0955. The second kappa shape index (κ2) is 10.5. The first-order valence-electron chi connectivity index (χ1n) is 10.9. The first-order valence-corrected chi connectivity index (χ1v) is 12.3. The molecule has 0 unspecified atom stereocenters. The van der Waals surface area contributed by atoms with Crippen LogP contribution in [0, 0.1) is 6.92 Å². The summed E-state index contributed by atoms with van der Waals surface area (Å²) in [6.45, 7) is 6.13. The van der Waals surface area contributed by atoms with Gasteiger partial charge >= 0.3 is 0 Å². The van der Waals surface area contributed by atoms with Crippen molar-refractivity contribution in [1.29, 1.82) is 0 Å². The Labute approximate surface area is 196 Å². The van der Waals surface area contributed by atoms with Gasteiger partial charge in [0.2, 0.25) is 0 Å². The van der Waals surface area contributed by atoms with Crippen molar-refractivity contribution in [1.82, 2.24) is 5.32 Å². The summed E-state index contributed by atoms with van der Waals surface area (Å²) in [4.78, 5) is 13.0. The van der Waals surface area contributed by atoms with Crippen LogP contribution < -0.4 is 14.8 Å². The number of sulfonamides is 1. The first kappa shape index (κ1) is 24.3. The number of methoxy groups -OCH3 is 1. The van der Waals surface area contributed by atoms with E-state index < -0.39 is 10.0 Å². The lowest BCUT2D eigenvalue weighted by atomic mass is 10.0. The number of nitrogens with one attached hydrogen (secondary N) is 2. The Kier molecular flexibility index (Phi) is 7.76. The van der Waals surface area contributed by atoms with Gasteiger partial charge in [-0.05, 0) is 60.2 Å². The zero-order valence-electron chi connectivity index (χ0n) is 19.4. The molecule has 3 aromatic rings. The monoisotopic (exact) mass is 466 g/mol. The molecule has 0 aromatic heterocycles. The lowest BCUT2D eigenvalue weighted by Crippen LogP contribution is -2.27. The van der Waals surface area contributed by atoms with Crippen LogP contribution in [-0.4, -0.2) is 28.0 Å². The molecule has 2 N–H and O–H groups in total. The maximum atomic E-state index is 13.3. The molecule has 0 fully saturated rings. The number of para-hydroxylation sites is 1. The fourth-order valence-corrected chi connectivity index (χ4v) is 4.97. The molecule has 174 valence electrons. The van der Waals surface area contributed by atoms with Gasteiger partial charge in [-0.3, -0.25) is 9.52 Å². The molecule has 3 aromatic carbocycles. The molecule has 0 aliphatic carbocycles. The van der Waals surface area contributed by atoms with E-state index in [1.165, 1.54) is 0 Å². The number of anilines is 1. The van der Waals surface area contributed by atoms with Crippen molar-refractivity contribution < 1.29 is 17.9 Å². The average Bonchev–Trinajstić information content (AvgIpc) is 2.79. The molecule has 0 heterocycles. The number of rotatable bonds is 9. The number of carbonyl (C=O) groups excluding carboxylic acids is 1. The molecular formula is C26H30N2O4S. The van der Waals surface area contributed by atoms with Gasteiger partial charge in [-0.1, -0.05) is 56.3 Å². The van der Waals surface area contributed by atoms with E-state index >= 15 is 0 Å². The zero-order valence-corrected chi connectivity index (χ0v) is 20.2. The van der Waals surface area contributed by atoms with Gasteiger partial charge in [0.25, 0.3) is 15.9 Å². The van der Waals surface area contributed by atoms with Crippen LogP contribution in [0.25, 0.3) is 0 Å². The molecule has 0 bridgehead atoms. The van der Waals surface area contributed by atoms with Crippen LogP contribution in [0.1, 0.15) is 46.8 Å². The van der Waals surface area contributed by atoms with Gasteiger partial charge < -0.3 is 10.1 Å². The quantitative estimate of drug-likeness (QED) is 0.470. The van der Waals surface area contributed by atoms with Gasteiger partial charge in [-0.25, -0.2) is 8.42 Å². The number of hydrogen-bond donors (Lipinski definition) is 2. The standard InChI is InChI=1S/C26H30N2O4S/c1-18(2)22-17-25(19(3)16-24(22)32-4)33(30,31)28-23-13-9-8-12-21(23)26(29)27-15-14-20-10-6-5-7-11-20/h5-13,16-18,28H,14-15H2,1-4H3,(H,27,29). The summed E-state index contributed by atoms with van der Waals surface area (Å²) in [6, 6.07) is 19.8. The molecule has 1 amide bonds. The number of ether oxygens (including phenoxy) is 1. The predicted octanol–water partition coefficient (Wildman–Crippen LogP) is 4.90. The number of aryl methyl sites for hydroxylation is 1. The molecule has 3 rings (SSSR count). The second-order valence-electron chi connectivity index (χ2n) is 8.16. The van der Waals surface area contributed by atoms with Crippen LogP contribution in [0.2, 0.25) is 0 Å². The molecule has 0 spiro atoms. The minimum absolute atomic E-state index is 0.0807. The molecule has 7 heteroatoms. The summed E-state index contributed by atoms with van der Waals surface area (Å²) < 4.78 is 34.6. The Morgan fingerprint density at radius 3 is 2.33 bits per heavy atom. The molecule has 0 aliphatic rings. The summed E-state index contributed by atoms with van der Waals surface area (Å²) in [5.74, 6) is 0.398. The molecule has 0 radical (unpaired) electrons. The molecule has 0 saturated carbocycles. The summed E-state index contributed by atoms with van der Waals surface area (Å²) in [5, 5.41) is 2.87. The van der Waals surface area contributed by atoms with Crippen LogP contribution in [0.5, 0.6) is 5.75 Å². The highest BCUT2D eigenvalue weighted by atomic mass is 32.2. The smallest absolute Gasteiger partial charge is 0.262 e. The van der Waals surface area contributed by atoms with Crippen LogP contribution in [0.15, 0.2) is 71.6 Å². The minimum atomic E-state index is -3.93. The summed E-state index contributed by atoms with van der Waals surface area (Å²) in [5.41, 5.74) is 2.98. The number of hydrogen-bond acceptors (Lipinski definition) is 4. The normalized spacial score (nSPS) is 11.3. The minimum Gasteiger partial charge on any atom is -0.496 e. The Bertz CT molecular complexity index is 1220. The van der Waals surface area contributed by atoms with Crippen molar-refractivity contribution in [2.75, 3.05) is 18.4 Å². The Hall–Kier alpha value is -3.32. The van der Waals surface area contributed by atoms with Crippen molar-refractivity contribution in [3.8, 4) is 5.75 Å². The second-order valence-corrected chi connectivity index (χ2v) is 9.81. The molecule has 0 atom stereocenters. The van der Waals surface area contributed by atoms with E-state index in [0.717, 1.165) is 11.1 Å². The number of carbonyl (C=O) groups is 1. The molecule has 0 aliphatic heterocycles. The maximum Gasteiger partial charge on any atom is 0.262 e. The van der Waals surface area contributed by atoms with Gasteiger partial charge in [-0.15, -0.1) is 0 Å². The molecular weight excluding hydrogens is 436 g/mol. The van der Waals surface area contributed by atoms with Crippen LogP contribution in [0.3, 0.4) is 0 Å². The van der Waals surface area contributed by atoms with E-state index in [9.17, 15) is 13.2 Å². The van der Waals surface area contributed by atoms with Crippen molar-refractivity contribution >= 4 is 21.6 Å². The predicted molar refractivity (Wildman–Crippen MR) is 132 cm³/mol. The SMILES string of the molecule is COc1cc(C)c(S(=O)(=O)Nc2ccccc2C(=O)NCCc2ccccc2)cc1C(C)C. The zero-order chi connectivity index (χ0) is 24.0. The van der Waals surface area contributed by atoms with Crippen molar-refractivity contribution in [3.05, 3.63) is 89.0 Å². The highest BCUT2D eigenvalue weighted by molar-refractivity contribution is 7.92. The molecule has 0 saturated heterocycles. The van der Waals surface area contributed by atoms with E-state index in [0.29, 0.717) is 24.3 Å². The van der Waals surface area contributed by atoms with Gasteiger partial charge in [0.15, 0.2) is 0 Å². The highest BCUT2D eigenvalue weighted by Gasteiger charge is 2.23. The van der Waals surface area contributed by atoms with Crippen LogP contribution in [-0.2, 0) is 16.4 Å². The molecule has 33 heavy (non-hydrogen) atoms. The van der Waals surface area contributed by atoms with Gasteiger partial charge in [0, 0.05) is 6.54 Å². The van der Waals surface area contributed by atoms with E-state index in [2.05, 4.69) is 10.0 Å². The van der Waals surface area contributed by atoms with Gasteiger partial charge in [0.05, 0.1) is 23.3 Å². The third kappa shape index (κ3) is 5.93. The lowest BCUT2D eigenvalue weighted by Gasteiger charge is -2.18. The van der Waals surface area contributed by atoms with E-state index in [-0.39, 0.29) is 28.0 Å². The fourth-order valence-electron chi connectivity index (χ4n) is 3.62. The van der Waals surface area contributed by atoms with E-state index in [1.54, 1.807) is 50.4 Å². The number of benzene rings is 3. The van der Waals surface area contributed by atoms with Gasteiger partial charge in [-0.2, -0.15) is 0 Å². The van der Waals surface area contributed by atoms with E-state index in [4.69, 9.17) is 4.74 Å². The summed E-state index contributed by atoms with van der Waals surface area (Å²) in [7, 11) is -2.36. The highest BCUT2D eigenvalue weighted by Crippen LogP contribution is 2.32. The average molecular weight is 467 g/mol. The Balaban J connectivity index is 1.82. The van der Waals surface area contributed by atoms with Crippen molar-refractivity contribution in [2.24, 2.45) is 0 Å².